The van der Waals surface area contributed by atoms with Crippen LogP contribution in [0.1, 0.15) is 0 Å². The number of anilines is 8. The molecule has 27 rings (SSSR count). The molecule has 0 amide bonds. The van der Waals surface area contributed by atoms with Crippen molar-refractivity contribution in [1.82, 2.24) is 18.3 Å². The van der Waals surface area contributed by atoms with Crippen molar-refractivity contribution in [1.29, 1.82) is 0 Å². The molecule has 0 saturated heterocycles. The number of hydrogen-bond donors (Lipinski definition) is 0. The van der Waals surface area contributed by atoms with Crippen LogP contribution in [-0.2, 0) is 0 Å². The number of nitrogens with zero attached hydrogens (tertiary/aromatic N) is 8. The minimum atomic E-state index is 1.16. The van der Waals surface area contributed by atoms with Crippen LogP contribution in [0.15, 0.2) is 570 Å². The monoisotopic (exact) mass is 1900 g/mol. The molecule has 0 aliphatic heterocycles. The van der Waals surface area contributed by atoms with E-state index in [1.807, 2.05) is 6.07 Å². The summed E-state index contributed by atoms with van der Waals surface area (Å²) in [5.74, 6) is 0. The molecular weight excluding hydrogens is 1790 g/mol. The van der Waals surface area contributed by atoms with Crippen LogP contribution >= 0.6 is 0 Å². The minimum absolute atomic E-state index is 1.16. The van der Waals surface area contributed by atoms with Gasteiger partial charge in [-0.3, -0.25) is 0 Å². The molecule has 8 heteroatoms. The summed E-state index contributed by atoms with van der Waals surface area (Å²) in [5.41, 5.74) is 38.5. The summed E-state index contributed by atoms with van der Waals surface area (Å²) in [5, 5.41) is 12.8. The van der Waals surface area contributed by atoms with Crippen LogP contribution < -0.4 is 19.6 Å². The molecule has 0 radical (unpaired) electrons. The molecule has 27 aromatic rings. The van der Waals surface area contributed by atoms with Crippen LogP contribution in [0.2, 0.25) is 0 Å². The highest BCUT2D eigenvalue weighted by Crippen LogP contribution is 2.44. The minimum Gasteiger partial charge on any atom is -0.345 e. The lowest BCUT2D eigenvalue weighted by Crippen LogP contribution is -2.09. The SMILES string of the molecule is CN(c1ccc(-c2ccc3ccccc3c2)cc1)c1ccc(-n2c3ccccc3c3ccccc32)cc1.CN(c1ccc(-c2ccccc2)cc1)c1ccc(-c2ccc3c(c2)c2ccccc2n3-c2ccccc2)cc1.CN(c1ccc(-c2ccccc2)cc1)c1ccc(-c2ccc3c4ccccc4n(-c4ccccc4)c3c2)cc1.CN(c1ccccc1)c1ccc(-c2ccc3c4ccccc4n(-c4ccccc4)c3c2)cc1. The Morgan fingerprint density at radius 1 is 0.115 bits per heavy atom. The second kappa shape index (κ2) is 40.6. The Kier molecular flexibility index (Phi) is 25.0. The average molecular weight is 1900 g/mol. The molecule has 0 bridgehead atoms. The highest BCUT2D eigenvalue weighted by molar-refractivity contribution is 6.14. The number of para-hydroxylation sites is 9. The molecule has 0 fully saturated rings. The van der Waals surface area contributed by atoms with Crippen LogP contribution in [0.25, 0.3) is 188 Å². The molecule has 0 saturated carbocycles. The second-order valence-corrected chi connectivity index (χ2v) is 37.8. The third-order valence-corrected chi connectivity index (χ3v) is 29.1. The Labute approximate surface area is 863 Å². The van der Waals surface area contributed by atoms with Gasteiger partial charge in [0.1, 0.15) is 0 Å². The smallest absolute Gasteiger partial charge is 0.0547 e. The normalized spacial score (nSPS) is 11.2. The van der Waals surface area contributed by atoms with Gasteiger partial charge in [0.15, 0.2) is 0 Å². The van der Waals surface area contributed by atoms with E-state index in [-0.39, 0.29) is 0 Å². The van der Waals surface area contributed by atoms with Gasteiger partial charge in [0, 0.05) is 140 Å². The molecule has 706 valence electrons. The molecule has 0 unspecified atom stereocenters. The third-order valence-electron chi connectivity index (χ3n) is 29.1. The number of rotatable bonds is 18. The van der Waals surface area contributed by atoms with E-state index in [0.717, 1.165) is 34.1 Å². The number of hydrogen-bond acceptors (Lipinski definition) is 4. The van der Waals surface area contributed by atoms with Gasteiger partial charge in [0.2, 0.25) is 0 Å². The van der Waals surface area contributed by atoms with E-state index in [1.54, 1.807) is 0 Å². The number of aromatic nitrogens is 4. The Morgan fingerprint density at radius 2 is 0.311 bits per heavy atom. The van der Waals surface area contributed by atoms with Gasteiger partial charge in [-0.1, -0.05) is 364 Å². The average Bonchev–Trinajstić information content (AvgIpc) is 1.60. The van der Waals surface area contributed by atoms with E-state index in [0.29, 0.717) is 0 Å². The zero-order chi connectivity index (χ0) is 99.3. The van der Waals surface area contributed by atoms with E-state index in [9.17, 15) is 0 Å². The summed E-state index contributed by atoms with van der Waals surface area (Å²) < 4.78 is 9.45. The molecular formula is C140H106N8. The zero-order valence-electron chi connectivity index (χ0n) is 82.8. The maximum absolute atomic E-state index is 2.37. The van der Waals surface area contributed by atoms with Crippen molar-refractivity contribution in [2.45, 2.75) is 0 Å². The second-order valence-electron chi connectivity index (χ2n) is 37.8. The maximum Gasteiger partial charge on any atom is 0.0547 e. The topological polar surface area (TPSA) is 32.7 Å². The highest BCUT2D eigenvalue weighted by atomic mass is 15.1. The van der Waals surface area contributed by atoms with Crippen molar-refractivity contribution < 1.29 is 0 Å². The van der Waals surface area contributed by atoms with Gasteiger partial charge in [0.25, 0.3) is 0 Å². The first-order chi connectivity index (χ1) is 73.1. The Balaban J connectivity index is 0.000000106. The van der Waals surface area contributed by atoms with Gasteiger partial charge < -0.3 is 37.9 Å². The molecule has 0 aliphatic carbocycles. The Hall–Kier alpha value is -19.3. The van der Waals surface area contributed by atoms with Gasteiger partial charge >= 0.3 is 0 Å². The fraction of sp³-hybridized carbons (Fsp3) is 0.0286. The fourth-order valence-electron chi connectivity index (χ4n) is 21.2. The van der Waals surface area contributed by atoms with E-state index < -0.39 is 0 Å². The highest BCUT2D eigenvalue weighted by Gasteiger charge is 2.21. The Bertz CT molecular complexity index is 9310. The predicted molar refractivity (Wildman–Crippen MR) is 631 cm³/mol. The van der Waals surface area contributed by atoms with Gasteiger partial charge in [-0.25, -0.2) is 0 Å². The van der Waals surface area contributed by atoms with Crippen molar-refractivity contribution in [3.8, 4) is 89.5 Å². The lowest BCUT2D eigenvalue weighted by atomic mass is 10.0. The molecule has 0 N–H and O–H groups in total. The molecule has 0 atom stereocenters. The molecule has 23 aromatic carbocycles. The van der Waals surface area contributed by atoms with Crippen molar-refractivity contribution >= 4 is 143 Å². The Morgan fingerprint density at radius 3 is 0.642 bits per heavy atom. The van der Waals surface area contributed by atoms with Crippen LogP contribution in [-0.4, -0.2) is 46.5 Å². The van der Waals surface area contributed by atoms with Gasteiger partial charge in [-0.2, -0.15) is 0 Å². The van der Waals surface area contributed by atoms with Crippen LogP contribution in [0, 0.1) is 0 Å². The number of benzene rings is 23. The first kappa shape index (κ1) is 91.2. The van der Waals surface area contributed by atoms with Crippen molar-refractivity contribution in [3.63, 3.8) is 0 Å². The third kappa shape index (κ3) is 18.1. The molecule has 4 aromatic heterocycles. The summed E-state index contributed by atoms with van der Waals surface area (Å²) in [6.07, 6.45) is 0. The maximum atomic E-state index is 2.37. The van der Waals surface area contributed by atoms with E-state index in [1.165, 1.54) is 199 Å². The summed E-state index contributed by atoms with van der Waals surface area (Å²) in [6.45, 7) is 0. The molecule has 4 heterocycles. The zero-order valence-corrected chi connectivity index (χ0v) is 82.8. The quantitative estimate of drug-likeness (QED) is 0.0857. The number of fused-ring (bicyclic) bond motifs is 13. The summed E-state index contributed by atoms with van der Waals surface area (Å²) in [4.78, 5) is 8.91. The summed E-state index contributed by atoms with van der Waals surface area (Å²) in [6, 6.07) is 204. The largest absolute Gasteiger partial charge is 0.345 e. The van der Waals surface area contributed by atoms with Crippen molar-refractivity contribution in [2.75, 3.05) is 47.8 Å². The molecule has 148 heavy (non-hydrogen) atoms. The molecule has 0 spiro atoms. The van der Waals surface area contributed by atoms with Crippen molar-refractivity contribution in [2.24, 2.45) is 0 Å². The first-order valence-corrected chi connectivity index (χ1v) is 50.6. The van der Waals surface area contributed by atoms with Gasteiger partial charge in [-0.15, -0.1) is 0 Å². The predicted octanol–water partition coefficient (Wildman–Crippen LogP) is 37.4. The fourth-order valence-corrected chi connectivity index (χ4v) is 21.2. The van der Waals surface area contributed by atoms with Crippen LogP contribution in [0.3, 0.4) is 0 Å². The van der Waals surface area contributed by atoms with E-state index >= 15 is 0 Å². The lowest BCUT2D eigenvalue weighted by Gasteiger charge is -2.20. The first-order valence-electron chi connectivity index (χ1n) is 50.6. The van der Waals surface area contributed by atoms with Gasteiger partial charge in [0.05, 0.1) is 44.1 Å². The lowest BCUT2D eigenvalue weighted by molar-refractivity contribution is 1.16. The van der Waals surface area contributed by atoms with Crippen molar-refractivity contribution in [3.05, 3.63) is 570 Å². The molecule has 0 aliphatic rings. The van der Waals surface area contributed by atoms with Crippen LogP contribution in [0.4, 0.5) is 45.5 Å². The summed E-state index contributed by atoms with van der Waals surface area (Å²) in [7, 11) is 8.48. The molecule has 8 nitrogen and oxygen atoms in total. The standard InChI is InChI=1S/2C37H28N2.C35H26N2.C31H24N2/c1-38(31-21-16-28(17-22-31)27-10-4-2-5-11-27)32-23-18-29(19-24-32)30-20-25-37-35(26-30)34-14-8-9-15-36(34)39(37)33-12-6-3-7-13-33;1-38(31-21-16-28(17-22-31)27-10-4-2-5-11-27)32-23-18-29(19-24-32)30-20-25-35-34-14-8-9-15-36(34)39(37(35)26-30)33-12-6-3-7-13-33;1-36(29-18-16-26(17-19-29)28-15-14-25-8-2-3-9-27(25)24-28)30-20-22-31(23-21-30)37-34-12-6-4-10-32(34)33-11-5-7-13-35(33)37;1-32(25-10-4-2-5-11-25)26-19-16-23(17-20-26)24-18-21-29-28-14-8-9-15-30(28)33(31(29)22-24)27-12-6-3-7-13-27/h2*2-26H,1H3;2-24H,1H3;2-22H,1H3. The summed E-state index contributed by atoms with van der Waals surface area (Å²) >= 11 is 0. The van der Waals surface area contributed by atoms with E-state index in [4.69, 9.17) is 0 Å². The van der Waals surface area contributed by atoms with Crippen LogP contribution in [0.5, 0.6) is 0 Å². The van der Waals surface area contributed by atoms with E-state index in [2.05, 4.69) is 630 Å². The van der Waals surface area contributed by atoms with Gasteiger partial charge in [-0.05, 0) is 284 Å².